The predicted molar refractivity (Wildman–Crippen MR) is 50.4 cm³/mol. The fourth-order valence-electron chi connectivity index (χ4n) is 1.65. The molecule has 1 aliphatic rings. The minimum absolute atomic E-state index is 0.0496. The first-order valence-corrected chi connectivity index (χ1v) is 4.62. The third-order valence-corrected chi connectivity index (χ3v) is 2.91. The van der Waals surface area contributed by atoms with Gasteiger partial charge in [-0.3, -0.25) is 0 Å². The van der Waals surface area contributed by atoms with E-state index in [1.807, 2.05) is 24.3 Å². The first-order valence-electron chi connectivity index (χ1n) is 4.62. The van der Waals surface area contributed by atoms with Gasteiger partial charge in [0.05, 0.1) is 13.2 Å². The molecule has 2 N–H and O–H groups in total. The molecule has 0 unspecified atom stereocenters. The van der Waals surface area contributed by atoms with Gasteiger partial charge in [-0.1, -0.05) is 24.3 Å². The summed E-state index contributed by atoms with van der Waals surface area (Å²) in [5, 5.41) is 18.0. The van der Waals surface area contributed by atoms with Crippen LogP contribution in [0.15, 0.2) is 24.3 Å². The summed E-state index contributed by atoms with van der Waals surface area (Å²) >= 11 is 0. The molecule has 2 rings (SSSR count). The summed E-state index contributed by atoms with van der Waals surface area (Å²) in [5.74, 6) is 0. The van der Waals surface area contributed by atoms with Crippen molar-refractivity contribution >= 4 is 0 Å². The van der Waals surface area contributed by atoms with E-state index in [4.69, 9.17) is 5.11 Å². The summed E-state index contributed by atoms with van der Waals surface area (Å²) in [4.78, 5) is 0. The summed E-state index contributed by atoms with van der Waals surface area (Å²) < 4.78 is 0. The summed E-state index contributed by atoms with van der Waals surface area (Å²) in [6.07, 6.45) is 2.17. The van der Waals surface area contributed by atoms with E-state index < -0.39 is 0 Å². The molecule has 0 radical (unpaired) electrons. The van der Waals surface area contributed by atoms with E-state index in [0.29, 0.717) is 0 Å². The highest BCUT2D eigenvalue weighted by atomic mass is 16.3. The van der Waals surface area contributed by atoms with E-state index in [9.17, 15) is 5.11 Å². The molecule has 1 saturated carbocycles. The molecular formula is C11H14O2. The maximum Gasteiger partial charge on any atom is 0.0681 e. The van der Waals surface area contributed by atoms with Crippen LogP contribution in [0.4, 0.5) is 0 Å². The molecule has 0 aliphatic heterocycles. The molecule has 0 saturated heterocycles. The van der Waals surface area contributed by atoms with Crippen LogP contribution < -0.4 is 0 Å². The number of benzene rings is 1. The fraction of sp³-hybridized carbons (Fsp3) is 0.455. The van der Waals surface area contributed by atoms with Gasteiger partial charge in [0, 0.05) is 5.41 Å². The van der Waals surface area contributed by atoms with Crippen LogP contribution in [0.3, 0.4) is 0 Å². The smallest absolute Gasteiger partial charge is 0.0681 e. The Morgan fingerprint density at radius 1 is 1.08 bits per heavy atom. The van der Waals surface area contributed by atoms with Crippen molar-refractivity contribution in [1.82, 2.24) is 0 Å². The van der Waals surface area contributed by atoms with E-state index >= 15 is 0 Å². The Morgan fingerprint density at radius 2 is 1.69 bits per heavy atom. The Labute approximate surface area is 77.8 Å². The molecule has 1 fully saturated rings. The van der Waals surface area contributed by atoms with Crippen molar-refractivity contribution in [3.05, 3.63) is 35.4 Å². The van der Waals surface area contributed by atoms with Crippen molar-refractivity contribution in [1.29, 1.82) is 0 Å². The Bertz CT molecular complexity index is 285. The quantitative estimate of drug-likeness (QED) is 0.730. The van der Waals surface area contributed by atoms with Gasteiger partial charge in [-0.2, -0.15) is 0 Å². The van der Waals surface area contributed by atoms with Crippen LogP contribution in [0.1, 0.15) is 24.0 Å². The number of aliphatic hydroxyl groups excluding tert-OH is 2. The third-order valence-electron chi connectivity index (χ3n) is 2.91. The molecule has 0 spiro atoms. The van der Waals surface area contributed by atoms with Crippen LogP contribution in [0.5, 0.6) is 0 Å². The summed E-state index contributed by atoms with van der Waals surface area (Å²) in [6, 6.07) is 7.86. The number of hydrogen-bond acceptors (Lipinski definition) is 2. The third kappa shape index (κ3) is 1.47. The minimum atomic E-state index is 0.0496. The first-order chi connectivity index (χ1) is 6.30. The van der Waals surface area contributed by atoms with Gasteiger partial charge in [0.15, 0.2) is 0 Å². The van der Waals surface area contributed by atoms with Crippen molar-refractivity contribution in [2.45, 2.75) is 24.9 Å². The zero-order chi connectivity index (χ0) is 9.31. The summed E-state index contributed by atoms with van der Waals surface area (Å²) in [5.41, 5.74) is 2.18. The molecule has 0 atom stereocenters. The molecular weight excluding hydrogens is 164 g/mol. The van der Waals surface area contributed by atoms with E-state index in [-0.39, 0.29) is 18.6 Å². The molecule has 2 nitrogen and oxygen atoms in total. The first kappa shape index (κ1) is 8.73. The fourth-order valence-corrected chi connectivity index (χ4v) is 1.65. The second-order valence-electron chi connectivity index (χ2n) is 3.79. The van der Waals surface area contributed by atoms with E-state index in [0.717, 1.165) is 18.4 Å². The highest BCUT2D eigenvalue weighted by Gasteiger charge is 2.43. The maximum absolute atomic E-state index is 9.19. The Morgan fingerprint density at radius 3 is 2.08 bits per heavy atom. The van der Waals surface area contributed by atoms with Crippen LogP contribution in [0, 0.1) is 0 Å². The van der Waals surface area contributed by atoms with Gasteiger partial charge in [-0.25, -0.2) is 0 Å². The number of aliphatic hydroxyl groups is 2. The van der Waals surface area contributed by atoms with Crippen molar-refractivity contribution in [3.8, 4) is 0 Å². The van der Waals surface area contributed by atoms with Crippen LogP contribution in [0.2, 0.25) is 0 Å². The van der Waals surface area contributed by atoms with Crippen LogP contribution >= 0.6 is 0 Å². The van der Waals surface area contributed by atoms with Crippen molar-refractivity contribution in [2.75, 3.05) is 6.61 Å². The van der Waals surface area contributed by atoms with Crippen LogP contribution in [-0.2, 0) is 12.0 Å². The van der Waals surface area contributed by atoms with E-state index in [1.54, 1.807) is 0 Å². The molecule has 1 aromatic rings. The number of rotatable bonds is 3. The van der Waals surface area contributed by atoms with E-state index in [2.05, 4.69) is 0 Å². The van der Waals surface area contributed by atoms with Gasteiger partial charge in [0.25, 0.3) is 0 Å². The second kappa shape index (κ2) is 3.13. The molecule has 2 heteroatoms. The van der Waals surface area contributed by atoms with Crippen LogP contribution in [0.25, 0.3) is 0 Å². The Kier molecular flexibility index (Phi) is 2.10. The van der Waals surface area contributed by atoms with Crippen molar-refractivity contribution in [2.24, 2.45) is 0 Å². The van der Waals surface area contributed by atoms with E-state index in [1.165, 1.54) is 5.56 Å². The molecule has 1 aromatic carbocycles. The SMILES string of the molecule is OCc1ccc(C2(CO)CC2)cc1. The largest absolute Gasteiger partial charge is 0.395 e. The lowest BCUT2D eigenvalue weighted by atomic mass is 9.96. The lowest BCUT2D eigenvalue weighted by molar-refractivity contribution is 0.255. The lowest BCUT2D eigenvalue weighted by Crippen LogP contribution is -2.11. The number of hydrogen-bond donors (Lipinski definition) is 2. The van der Waals surface area contributed by atoms with Crippen molar-refractivity contribution in [3.63, 3.8) is 0 Å². The second-order valence-corrected chi connectivity index (χ2v) is 3.79. The zero-order valence-electron chi connectivity index (χ0n) is 7.53. The lowest BCUT2D eigenvalue weighted by Gasteiger charge is -2.11. The monoisotopic (exact) mass is 178 g/mol. The average Bonchev–Trinajstić information content (AvgIpc) is 2.99. The van der Waals surface area contributed by atoms with Gasteiger partial charge in [-0.05, 0) is 24.0 Å². The summed E-state index contributed by atoms with van der Waals surface area (Å²) in [7, 11) is 0. The molecule has 0 amide bonds. The van der Waals surface area contributed by atoms with Crippen LogP contribution in [-0.4, -0.2) is 16.8 Å². The molecule has 70 valence electrons. The molecule has 0 heterocycles. The normalized spacial score (nSPS) is 18.6. The molecule has 1 aliphatic carbocycles. The van der Waals surface area contributed by atoms with Gasteiger partial charge in [0.2, 0.25) is 0 Å². The molecule has 0 aromatic heterocycles. The molecule has 13 heavy (non-hydrogen) atoms. The Balaban J connectivity index is 2.23. The van der Waals surface area contributed by atoms with Gasteiger partial charge in [-0.15, -0.1) is 0 Å². The minimum Gasteiger partial charge on any atom is -0.395 e. The topological polar surface area (TPSA) is 40.5 Å². The maximum atomic E-state index is 9.19. The Hall–Kier alpha value is -0.860. The van der Waals surface area contributed by atoms with Gasteiger partial charge >= 0.3 is 0 Å². The molecule has 0 bridgehead atoms. The predicted octanol–water partition coefficient (Wildman–Crippen LogP) is 1.20. The highest BCUT2D eigenvalue weighted by Crippen LogP contribution is 2.47. The van der Waals surface area contributed by atoms with Gasteiger partial charge < -0.3 is 10.2 Å². The highest BCUT2D eigenvalue weighted by molar-refractivity contribution is 5.33. The average molecular weight is 178 g/mol. The van der Waals surface area contributed by atoms with Gasteiger partial charge in [0.1, 0.15) is 0 Å². The zero-order valence-corrected chi connectivity index (χ0v) is 7.53. The van der Waals surface area contributed by atoms with Crippen molar-refractivity contribution < 1.29 is 10.2 Å². The summed E-state index contributed by atoms with van der Waals surface area (Å²) in [6.45, 7) is 0.331. The standard InChI is InChI=1S/C11H14O2/c12-7-9-1-3-10(4-2-9)11(8-13)5-6-11/h1-4,12-13H,5-8H2.